The van der Waals surface area contributed by atoms with Crippen molar-refractivity contribution >= 4 is 10.0 Å². The van der Waals surface area contributed by atoms with E-state index in [1.54, 1.807) is 6.07 Å². The quantitative estimate of drug-likeness (QED) is 0.808. The molecule has 0 atom stereocenters. The van der Waals surface area contributed by atoms with Gasteiger partial charge in [0, 0.05) is 32.5 Å². The van der Waals surface area contributed by atoms with Gasteiger partial charge in [-0.25, -0.2) is 18.1 Å². The minimum atomic E-state index is -3.53. The van der Waals surface area contributed by atoms with Crippen molar-refractivity contribution in [3.63, 3.8) is 0 Å². The molecule has 7 heteroatoms. The molecule has 1 saturated heterocycles. The summed E-state index contributed by atoms with van der Waals surface area (Å²) in [5, 5.41) is 0.0387. The molecule has 1 fully saturated rings. The molecule has 6 nitrogen and oxygen atoms in total. The Bertz CT molecular complexity index is 495. The minimum absolute atomic E-state index is 0.0387. The highest BCUT2D eigenvalue weighted by molar-refractivity contribution is 7.89. The van der Waals surface area contributed by atoms with Gasteiger partial charge in [-0.15, -0.1) is 0 Å². The van der Waals surface area contributed by atoms with Crippen LogP contribution in [0.3, 0.4) is 0 Å². The third kappa shape index (κ3) is 3.97. The van der Waals surface area contributed by atoms with E-state index in [1.807, 2.05) is 0 Å². The molecule has 106 valence electrons. The lowest BCUT2D eigenvalue weighted by Gasteiger charge is -2.21. The SMILES string of the molecule is NCc1ccc(S(=O)(=O)NCC2CCOCC2)nc1. The first-order chi connectivity index (χ1) is 9.12. The molecule has 1 aliphatic rings. The van der Waals surface area contributed by atoms with Gasteiger partial charge in [0.05, 0.1) is 0 Å². The van der Waals surface area contributed by atoms with Gasteiger partial charge in [0.15, 0.2) is 5.03 Å². The van der Waals surface area contributed by atoms with Crippen molar-refractivity contribution in [2.45, 2.75) is 24.4 Å². The van der Waals surface area contributed by atoms with Crippen molar-refractivity contribution in [1.82, 2.24) is 9.71 Å². The zero-order chi connectivity index (χ0) is 13.7. The Morgan fingerprint density at radius 3 is 2.68 bits per heavy atom. The second-order valence-corrected chi connectivity index (χ2v) is 6.33. The Hall–Kier alpha value is -1.02. The van der Waals surface area contributed by atoms with Gasteiger partial charge in [0.1, 0.15) is 0 Å². The number of ether oxygens (including phenoxy) is 1. The van der Waals surface area contributed by atoms with Gasteiger partial charge in [-0.3, -0.25) is 0 Å². The fourth-order valence-corrected chi connectivity index (χ4v) is 2.98. The molecule has 0 aromatic carbocycles. The lowest BCUT2D eigenvalue weighted by Crippen LogP contribution is -2.32. The second kappa shape index (κ2) is 6.42. The Kier molecular flexibility index (Phi) is 4.87. The summed E-state index contributed by atoms with van der Waals surface area (Å²) in [5.41, 5.74) is 6.26. The Morgan fingerprint density at radius 1 is 1.37 bits per heavy atom. The highest BCUT2D eigenvalue weighted by Crippen LogP contribution is 2.14. The number of sulfonamides is 1. The molecule has 2 rings (SSSR count). The minimum Gasteiger partial charge on any atom is -0.381 e. The molecule has 0 amide bonds. The van der Waals surface area contributed by atoms with Gasteiger partial charge >= 0.3 is 0 Å². The van der Waals surface area contributed by atoms with Crippen LogP contribution >= 0.6 is 0 Å². The number of rotatable bonds is 5. The van der Waals surface area contributed by atoms with Gasteiger partial charge in [-0.2, -0.15) is 0 Å². The molecule has 1 aliphatic heterocycles. The zero-order valence-electron chi connectivity index (χ0n) is 10.7. The van der Waals surface area contributed by atoms with E-state index in [0.29, 0.717) is 32.2 Å². The van der Waals surface area contributed by atoms with Crippen LogP contribution in [-0.2, 0) is 21.3 Å². The Morgan fingerprint density at radius 2 is 2.11 bits per heavy atom. The van der Waals surface area contributed by atoms with Gasteiger partial charge in [-0.1, -0.05) is 6.07 Å². The smallest absolute Gasteiger partial charge is 0.258 e. The van der Waals surface area contributed by atoms with Crippen molar-refractivity contribution in [3.05, 3.63) is 23.9 Å². The van der Waals surface area contributed by atoms with Crippen LogP contribution in [0.25, 0.3) is 0 Å². The Labute approximate surface area is 113 Å². The number of nitrogens with zero attached hydrogens (tertiary/aromatic N) is 1. The van der Waals surface area contributed by atoms with E-state index >= 15 is 0 Å². The topological polar surface area (TPSA) is 94.3 Å². The maximum atomic E-state index is 12.0. The molecule has 1 aromatic heterocycles. The van der Waals surface area contributed by atoms with Crippen molar-refractivity contribution < 1.29 is 13.2 Å². The summed E-state index contributed by atoms with van der Waals surface area (Å²) >= 11 is 0. The van der Waals surface area contributed by atoms with Crippen LogP contribution in [-0.4, -0.2) is 33.2 Å². The van der Waals surface area contributed by atoms with Crippen LogP contribution in [0.15, 0.2) is 23.4 Å². The maximum Gasteiger partial charge on any atom is 0.258 e. The molecule has 0 saturated carbocycles. The fraction of sp³-hybridized carbons (Fsp3) is 0.583. The van der Waals surface area contributed by atoms with E-state index in [9.17, 15) is 8.42 Å². The van der Waals surface area contributed by atoms with Crippen molar-refractivity contribution in [1.29, 1.82) is 0 Å². The maximum absolute atomic E-state index is 12.0. The van der Waals surface area contributed by atoms with E-state index in [0.717, 1.165) is 18.4 Å². The van der Waals surface area contributed by atoms with Crippen LogP contribution in [0.1, 0.15) is 18.4 Å². The van der Waals surface area contributed by atoms with Crippen LogP contribution in [0, 0.1) is 5.92 Å². The first kappa shape index (κ1) is 14.4. The van der Waals surface area contributed by atoms with E-state index in [-0.39, 0.29) is 5.03 Å². The van der Waals surface area contributed by atoms with Crippen molar-refractivity contribution in [2.75, 3.05) is 19.8 Å². The average Bonchev–Trinajstić information content (AvgIpc) is 2.46. The predicted molar refractivity (Wildman–Crippen MR) is 70.9 cm³/mol. The number of hydrogen-bond donors (Lipinski definition) is 2. The summed E-state index contributed by atoms with van der Waals surface area (Å²) in [7, 11) is -3.53. The number of aromatic nitrogens is 1. The summed E-state index contributed by atoms with van der Waals surface area (Å²) in [5.74, 6) is 0.340. The predicted octanol–water partition coefficient (Wildman–Crippen LogP) is 0.245. The van der Waals surface area contributed by atoms with Crippen LogP contribution in [0.5, 0.6) is 0 Å². The number of hydrogen-bond acceptors (Lipinski definition) is 5. The summed E-state index contributed by atoms with van der Waals surface area (Å²) in [6, 6.07) is 3.16. The number of pyridine rings is 1. The first-order valence-electron chi connectivity index (χ1n) is 6.34. The second-order valence-electron chi connectivity index (χ2n) is 4.62. The van der Waals surface area contributed by atoms with Gasteiger partial charge in [0.2, 0.25) is 0 Å². The van der Waals surface area contributed by atoms with Crippen LogP contribution in [0.2, 0.25) is 0 Å². The van der Waals surface area contributed by atoms with E-state index < -0.39 is 10.0 Å². The zero-order valence-corrected chi connectivity index (χ0v) is 11.5. The highest BCUT2D eigenvalue weighted by Gasteiger charge is 2.19. The van der Waals surface area contributed by atoms with Crippen LogP contribution in [0.4, 0.5) is 0 Å². The molecule has 2 heterocycles. The summed E-state index contributed by atoms with van der Waals surface area (Å²) in [6.07, 6.45) is 3.27. The molecule has 0 spiro atoms. The third-order valence-corrected chi connectivity index (χ3v) is 4.55. The molecular weight excluding hydrogens is 266 g/mol. The molecule has 0 aliphatic carbocycles. The van der Waals surface area contributed by atoms with Gasteiger partial charge < -0.3 is 10.5 Å². The Balaban J connectivity index is 1.96. The molecular formula is C12H19N3O3S. The van der Waals surface area contributed by atoms with E-state index in [2.05, 4.69) is 9.71 Å². The summed E-state index contributed by atoms with van der Waals surface area (Å²) in [4.78, 5) is 3.93. The largest absolute Gasteiger partial charge is 0.381 e. The molecule has 1 aromatic rings. The van der Waals surface area contributed by atoms with E-state index in [4.69, 9.17) is 10.5 Å². The van der Waals surface area contributed by atoms with Gasteiger partial charge in [0.25, 0.3) is 10.0 Å². The monoisotopic (exact) mass is 285 g/mol. The molecule has 19 heavy (non-hydrogen) atoms. The first-order valence-corrected chi connectivity index (χ1v) is 7.82. The normalized spacial score (nSPS) is 17.5. The van der Waals surface area contributed by atoms with Crippen molar-refractivity contribution in [2.24, 2.45) is 11.7 Å². The molecule has 0 unspecified atom stereocenters. The number of nitrogens with two attached hydrogens (primary N) is 1. The van der Waals surface area contributed by atoms with Crippen LogP contribution < -0.4 is 10.5 Å². The average molecular weight is 285 g/mol. The molecule has 0 bridgehead atoms. The standard InChI is InChI=1S/C12H19N3O3S/c13-7-11-1-2-12(14-8-11)19(16,17)15-9-10-3-5-18-6-4-10/h1-2,8,10,15H,3-7,9,13H2. The lowest BCUT2D eigenvalue weighted by molar-refractivity contribution is 0.0678. The van der Waals surface area contributed by atoms with Crippen molar-refractivity contribution in [3.8, 4) is 0 Å². The fourth-order valence-electron chi connectivity index (χ4n) is 1.94. The highest BCUT2D eigenvalue weighted by atomic mass is 32.2. The molecule has 0 radical (unpaired) electrons. The van der Waals surface area contributed by atoms with E-state index in [1.165, 1.54) is 12.3 Å². The summed E-state index contributed by atoms with van der Waals surface area (Å²) < 4.78 is 31.9. The lowest BCUT2D eigenvalue weighted by atomic mass is 10.0. The number of nitrogens with one attached hydrogen (secondary N) is 1. The third-order valence-electron chi connectivity index (χ3n) is 3.21. The van der Waals surface area contributed by atoms with Gasteiger partial charge in [-0.05, 0) is 30.4 Å². The summed E-state index contributed by atoms with van der Waals surface area (Å²) in [6.45, 7) is 2.19. The molecule has 3 N–H and O–H groups in total.